The van der Waals surface area contributed by atoms with E-state index in [9.17, 15) is 0 Å². The summed E-state index contributed by atoms with van der Waals surface area (Å²) in [6.45, 7) is 3.98. The summed E-state index contributed by atoms with van der Waals surface area (Å²) < 4.78 is 4.42. The second-order valence-corrected chi connectivity index (χ2v) is 4.47. The van der Waals surface area contributed by atoms with Crippen molar-refractivity contribution in [1.82, 2.24) is 4.37 Å². The van der Waals surface area contributed by atoms with Gasteiger partial charge in [-0.15, -0.1) is 0 Å². The molecule has 86 valence electrons. The lowest BCUT2D eigenvalue weighted by atomic mass is 10.2. The van der Waals surface area contributed by atoms with E-state index in [0.717, 1.165) is 18.5 Å². The number of anilines is 1. The summed E-state index contributed by atoms with van der Waals surface area (Å²) in [6, 6.07) is 8.15. The summed E-state index contributed by atoms with van der Waals surface area (Å²) in [6.07, 6.45) is 1.08. The highest BCUT2D eigenvalue weighted by molar-refractivity contribution is 7.11. The van der Waals surface area contributed by atoms with Gasteiger partial charge < -0.3 is 10.0 Å². The molecule has 2 aromatic rings. The molecule has 0 bridgehead atoms. The second kappa shape index (κ2) is 5.27. The minimum Gasteiger partial charge on any atom is -0.395 e. The lowest BCUT2D eigenvalue weighted by Crippen LogP contribution is -2.26. The maximum Gasteiger partial charge on any atom is 0.120 e. The summed E-state index contributed by atoms with van der Waals surface area (Å²) >= 11 is 1.52. The van der Waals surface area contributed by atoms with Gasteiger partial charge in [-0.3, -0.25) is 0 Å². The van der Waals surface area contributed by atoms with Gasteiger partial charge in [0.15, 0.2) is 0 Å². The normalized spacial score (nSPS) is 10.9. The van der Waals surface area contributed by atoms with Gasteiger partial charge >= 0.3 is 0 Å². The summed E-state index contributed by atoms with van der Waals surface area (Å²) in [7, 11) is 0. The molecule has 1 aromatic heterocycles. The van der Waals surface area contributed by atoms with Crippen LogP contribution >= 0.6 is 11.5 Å². The number of benzene rings is 1. The minimum absolute atomic E-state index is 0.187. The molecule has 0 aliphatic carbocycles. The number of aliphatic hydroxyl groups is 1. The molecule has 1 N–H and O–H groups in total. The summed E-state index contributed by atoms with van der Waals surface area (Å²) in [5, 5.41) is 11.4. The molecule has 3 nitrogen and oxygen atoms in total. The molecule has 0 radical (unpaired) electrons. The van der Waals surface area contributed by atoms with Crippen LogP contribution in [0.4, 0.5) is 5.00 Å². The zero-order chi connectivity index (χ0) is 11.4. The van der Waals surface area contributed by atoms with Crippen molar-refractivity contribution in [3.63, 3.8) is 0 Å². The molecule has 0 amide bonds. The SMILES string of the molecule is CCCN(CCO)c1snc2ccccc12. The van der Waals surface area contributed by atoms with Crippen molar-refractivity contribution in [2.75, 3.05) is 24.6 Å². The van der Waals surface area contributed by atoms with E-state index in [1.54, 1.807) is 0 Å². The van der Waals surface area contributed by atoms with Crippen LogP contribution in [0, 0.1) is 0 Å². The Balaban J connectivity index is 2.36. The Morgan fingerprint density at radius 1 is 1.31 bits per heavy atom. The quantitative estimate of drug-likeness (QED) is 0.866. The zero-order valence-electron chi connectivity index (χ0n) is 9.39. The first-order valence-corrected chi connectivity index (χ1v) is 6.34. The van der Waals surface area contributed by atoms with E-state index in [1.165, 1.54) is 21.9 Å². The molecule has 0 aliphatic heterocycles. The van der Waals surface area contributed by atoms with E-state index < -0.39 is 0 Å². The van der Waals surface area contributed by atoms with E-state index in [1.807, 2.05) is 18.2 Å². The van der Waals surface area contributed by atoms with E-state index in [4.69, 9.17) is 5.11 Å². The average molecular weight is 236 g/mol. The van der Waals surface area contributed by atoms with Gasteiger partial charge in [-0.25, -0.2) is 0 Å². The lowest BCUT2D eigenvalue weighted by Gasteiger charge is -2.21. The van der Waals surface area contributed by atoms with Gasteiger partial charge in [0.2, 0.25) is 0 Å². The Bertz CT molecular complexity index is 449. The van der Waals surface area contributed by atoms with Gasteiger partial charge in [0.1, 0.15) is 5.00 Å². The molecule has 16 heavy (non-hydrogen) atoms. The third-order valence-corrected chi connectivity index (χ3v) is 3.45. The Labute approximate surface area is 99.5 Å². The van der Waals surface area contributed by atoms with Crippen molar-refractivity contribution >= 4 is 27.4 Å². The van der Waals surface area contributed by atoms with Crippen molar-refractivity contribution in [1.29, 1.82) is 0 Å². The van der Waals surface area contributed by atoms with Crippen molar-refractivity contribution < 1.29 is 5.11 Å². The third kappa shape index (κ3) is 2.18. The Morgan fingerprint density at radius 2 is 2.12 bits per heavy atom. The molecule has 1 aromatic carbocycles. The molecule has 0 fully saturated rings. The van der Waals surface area contributed by atoms with Crippen molar-refractivity contribution in [2.24, 2.45) is 0 Å². The molecule has 2 rings (SSSR count). The first-order valence-electron chi connectivity index (χ1n) is 5.57. The van der Waals surface area contributed by atoms with Gasteiger partial charge in [0.25, 0.3) is 0 Å². The number of fused-ring (bicyclic) bond motifs is 1. The van der Waals surface area contributed by atoms with Crippen LogP contribution in [0.3, 0.4) is 0 Å². The molecule has 1 heterocycles. The molecule has 0 unspecified atom stereocenters. The van der Waals surface area contributed by atoms with E-state index in [-0.39, 0.29) is 6.61 Å². The summed E-state index contributed by atoms with van der Waals surface area (Å²) in [5.41, 5.74) is 1.04. The monoisotopic (exact) mass is 236 g/mol. The fourth-order valence-electron chi connectivity index (χ4n) is 1.81. The fourth-order valence-corrected chi connectivity index (χ4v) is 2.72. The van der Waals surface area contributed by atoms with Gasteiger partial charge in [-0.2, -0.15) is 4.37 Å². The van der Waals surface area contributed by atoms with Crippen LogP contribution in [0.5, 0.6) is 0 Å². The fraction of sp³-hybridized carbons (Fsp3) is 0.417. The first kappa shape index (κ1) is 11.4. The topological polar surface area (TPSA) is 36.4 Å². The Morgan fingerprint density at radius 3 is 2.88 bits per heavy atom. The van der Waals surface area contributed by atoms with Crippen LogP contribution in [0.2, 0.25) is 0 Å². The average Bonchev–Trinajstić information content (AvgIpc) is 2.72. The van der Waals surface area contributed by atoms with Crippen LogP contribution in [-0.2, 0) is 0 Å². The van der Waals surface area contributed by atoms with Crippen LogP contribution in [0.25, 0.3) is 10.9 Å². The van der Waals surface area contributed by atoms with Crippen LogP contribution in [0.15, 0.2) is 24.3 Å². The number of aliphatic hydroxyl groups excluding tert-OH is 1. The molecular formula is C12H16N2OS. The summed E-state index contributed by atoms with van der Waals surface area (Å²) in [4.78, 5) is 2.21. The van der Waals surface area contributed by atoms with Crippen molar-refractivity contribution in [3.8, 4) is 0 Å². The molecule has 0 atom stereocenters. The molecule has 4 heteroatoms. The number of nitrogens with zero attached hydrogens (tertiary/aromatic N) is 2. The van der Waals surface area contributed by atoms with Crippen LogP contribution in [0.1, 0.15) is 13.3 Å². The zero-order valence-corrected chi connectivity index (χ0v) is 10.2. The maximum absolute atomic E-state index is 9.08. The van der Waals surface area contributed by atoms with Gasteiger partial charge in [0, 0.05) is 18.5 Å². The van der Waals surface area contributed by atoms with Gasteiger partial charge in [0.05, 0.1) is 12.1 Å². The number of hydrogen-bond donors (Lipinski definition) is 1. The lowest BCUT2D eigenvalue weighted by molar-refractivity contribution is 0.302. The third-order valence-electron chi connectivity index (χ3n) is 2.52. The number of aromatic nitrogens is 1. The highest BCUT2D eigenvalue weighted by Gasteiger charge is 2.11. The highest BCUT2D eigenvalue weighted by atomic mass is 32.1. The highest BCUT2D eigenvalue weighted by Crippen LogP contribution is 2.30. The molecule has 0 spiro atoms. The van der Waals surface area contributed by atoms with Gasteiger partial charge in [-0.05, 0) is 30.1 Å². The number of hydrogen-bond acceptors (Lipinski definition) is 4. The molecule has 0 saturated carbocycles. The van der Waals surface area contributed by atoms with E-state index in [0.29, 0.717) is 6.54 Å². The number of rotatable bonds is 5. The van der Waals surface area contributed by atoms with Gasteiger partial charge in [-0.1, -0.05) is 19.1 Å². The van der Waals surface area contributed by atoms with Crippen molar-refractivity contribution in [2.45, 2.75) is 13.3 Å². The van der Waals surface area contributed by atoms with E-state index in [2.05, 4.69) is 22.3 Å². The molecule has 0 saturated heterocycles. The van der Waals surface area contributed by atoms with Crippen LogP contribution < -0.4 is 4.90 Å². The van der Waals surface area contributed by atoms with Crippen molar-refractivity contribution in [3.05, 3.63) is 24.3 Å². The Kier molecular flexibility index (Phi) is 3.74. The predicted octanol–water partition coefficient (Wildman–Crippen LogP) is 2.51. The van der Waals surface area contributed by atoms with Crippen LogP contribution in [-0.4, -0.2) is 29.2 Å². The Hall–Kier alpha value is -1.13. The largest absolute Gasteiger partial charge is 0.395 e. The van der Waals surface area contributed by atoms with E-state index >= 15 is 0 Å². The second-order valence-electron chi connectivity index (χ2n) is 3.72. The maximum atomic E-state index is 9.08. The predicted molar refractivity (Wildman–Crippen MR) is 69.2 cm³/mol. The molecular weight excluding hydrogens is 220 g/mol. The first-order chi connectivity index (χ1) is 7.86. The summed E-state index contributed by atoms with van der Waals surface area (Å²) in [5.74, 6) is 0. The molecule has 0 aliphatic rings. The standard InChI is InChI=1S/C12H16N2OS/c1-2-7-14(8-9-15)12-10-5-3-4-6-11(10)13-16-12/h3-6,15H,2,7-9H2,1H3. The smallest absolute Gasteiger partial charge is 0.120 e. The minimum atomic E-state index is 0.187.